The number of H-pyrrole nitrogens is 1. The fourth-order valence-corrected chi connectivity index (χ4v) is 1.56. The first-order valence-corrected chi connectivity index (χ1v) is 5.31. The summed E-state index contributed by atoms with van der Waals surface area (Å²) in [7, 11) is -1.50. The normalized spacial score (nSPS) is 10.3. The molecule has 2 rings (SSSR count). The molecule has 0 aliphatic heterocycles. The largest absolute Gasteiger partial charge is 0.488 e. The SMILES string of the molecule is O=c1ccn(Cc2ccc(B(O)O)cc2)c(=O)[nH]1. The van der Waals surface area contributed by atoms with Gasteiger partial charge < -0.3 is 10.0 Å². The highest BCUT2D eigenvalue weighted by molar-refractivity contribution is 6.58. The Balaban J connectivity index is 2.23. The lowest BCUT2D eigenvalue weighted by molar-refractivity contribution is 0.426. The second-order valence-electron chi connectivity index (χ2n) is 3.85. The van der Waals surface area contributed by atoms with Crippen molar-refractivity contribution in [3.63, 3.8) is 0 Å². The number of aromatic amines is 1. The van der Waals surface area contributed by atoms with E-state index in [4.69, 9.17) is 10.0 Å². The van der Waals surface area contributed by atoms with Crippen molar-refractivity contribution in [3.05, 3.63) is 62.9 Å². The molecule has 6 nitrogen and oxygen atoms in total. The predicted octanol–water partition coefficient (Wildman–Crippen LogP) is -1.74. The number of nitrogens with zero attached hydrogens (tertiary/aromatic N) is 1. The summed E-state index contributed by atoms with van der Waals surface area (Å²) in [5.41, 5.74) is 0.282. The number of hydrogen-bond donors (Lipinski definition) is 3. The molecule has 0 radical (unpaired) electrons. The topological polar surface area (TPSA) is 95.3 Å². The monoisotopic (exact) mass is 246 g/mol. The van der Waals surface area contributed by atoms with Crippen LogP contribution in [0, 0.1) is 0 Å². The van der Waals surface area contributed by atoms with Crippen LogP contribution in [0.5, 0.6) is 0 Å². The van der Waals surface area contributed by atoms with Crippen molar-refractivity contribution in [1.29, 1.82) is 0 Å². The van der Waals surface area contributed by atoms with Crippen LogP contribution in [0.4, 0.5) is 0 Å². The van der Waals surface area contributed by atoms with E-state index in [1.807, 2.05) is 0 Å². The molecule has 2 aromatic rings. The molecular weight excluding hydrogens is 235 g/mol. The molecule has 0 saturated carbocycles. The minimum absolute atomic E-state index is 0.303. The van der Waals surface area contributed by atoms with Crippen LogP contribution < -0.4 is 16.7 Å². The minimum Gasteiger partial charge on any atom is -0.423 e. The Morgan fingerprint density at radius 2 is 1.78 bits per heavy atom. The first-order valence-electron chi connectivity index (χ1n) is 5.31. The molecule has 1 aromatic heterocycles. The molecule has 7 heteroatoms. The number of nitrogens with one attached hydrogen (secondary N) is 1. The smallest absolute Gasteiger partial charge is 0.423 e. The van der Waals surface area contributed by atoms with Crippen molar-refractivity contribution in [2.24, 2.45) is 0 Å². The molecule has 0 saturated heterocycles. The zero-order valence-electron chi connectivity index (χ0n) is 9.41. The van der Waals surface area contributed by atoms with Gasteiger partial charge in [-0.15, -0.1) is 0 Å². The minimum atomic E-state index is -1.50. The van der Waals surface area contributed by atoms with Gasteiger partial charge in [-0.1, -0.05) is 24.3 Å². The van der Waals surface area contributed by atoms with E-state index in [0.717, 1.165) is 5.56 Å². The van der Waals surface area contributed by atoms with Gasteiger partial charge in [0, 0.05) is 12.3 Å². The van der Waals surface area contributed by atoms with Gasteiger partial charge in [-0.05, 0) is 11.0 Å². The van der Waals surface area contributed by atoms with Crippen LogP contribution in [0.15, 0.2) is 46.1 Å². The molecule has 0 bridgehead atoms. The number of hydrogen-bond acceptors (Lipinski definition) is 4. The highest BCUT2D eigenvalue weighted by Gasteiger charge is 2.09. The number of rotatable bonds is 3. The third kappa shape index (κ3) is 2.76. The Kier molecular flexibility index (Phi) is 3.45. The molecule has 0 aliphatic carbocycles. The summed E-state index contributed by atoms with van der Waals surface area (Å²) in [5.74, 6) is 0. The second-order valence-corrected chi connectivity index (χ2v) is 3.85. The van der Waals surface area contributed by atoms with Gasteiger partial charge in [-0.25, -0.2) is 4.79 Å². The standard InChI is InChI=1S/C11H11BN2O4/c15-10-5-6-14(11(16)13-10)7-8-1-3-9(4-2-8)12(17)18/h1-6,17-18H,7H2,(H,13,15,16). The van der Waals surface area contributed by atoms with Crippen LogP contribution in [-0.4, -0.2) is 26.7 Å². The molecule has 0 atom stereocenters. The molecular formula is C11H11BN2O4. The first kappa shape index (κ1) is 12.3. The van der Waals surface area contributed by atoms with Crippen LogP contribution in [0.2, 0.25) is 0 Å². The maximum absolute atomic E-state index is 11.4. The van der Waals surface area contributed by atoms with E-state index >= 15 is 0 Å². The Morgan fingerprint density at radius 1 is 1.11 bits per heavy atom. The van der Waals surface area contributed by atoms with Gasteiger partial charge in [0.2, 0.25) is 0 Å². The Morgan fingerprint density at radius 3 is 2.33 bits per heavy atom. The summed E-state index contributed by atoms with van der Waals surface area (Å²) in [5, 5.41) is 17.9. The van der Waals surface area contributed by atoms with Gasteiger partial charge in [0.05, 0.1) is 6.54 Å². The van der Waals surface area contributed by atoms with Crippen LogP contribution in [-0.2, 0) is 6.54 Å². The molecule has 0 spiro atoms. The van der Waals surface area contributed by atoms with Crippen LogP contribution in [0.1, 0.15) is 5.56 Å². The second kappa shape index (κ2) is 5.03. The average molecular weight is 246 g/mol. The summed E-state index contributed by atoms with van der Waals surface area (Å²) in [6.07, 6.45) is 1.41. The molecule has 0 fully saturated rings. The van der Waals surface area contributed by atoms with E-state index in [1.54, 1.807) is 24.3 Å². The van der Waals surface area contributed by atoms with Crippen molar-refractivity contribution in [2.75, 3.05) is 0 Å². The third-order valence-electron chi connectivity index (χ3n) is 2.53. The van der Waals surface area contributed by atoms with E-state index in [1.165, 1.54) is 16.8 Å². The van der Waals surface area contributed by atoms with Crippen molar-refractivity contribution in [1.82, 2.24) is 9.55 Å². The van der Waals surface area contributed by atoms with Gasteiger partial charge in [-0.3, -0.25) is 14.3 Å². The Labute approximate surface area is 102 Å². The molecule has 0 amide bonds. The zero-order chi connectivity index (χ0) is 13.1. The summed E-state index contributed by atoms with van der Waals surface area (Å²) in [4.78, 5) is 24.5. The fourth-order valence-electron chi connectivity index (χ4n) is 1.56. The van der Waals surface area contributed by atoms with Crippen molar-refractivity contribution in [2.45, 2.75) is 6.54 Å². The van der Waals surface area contributed by atoms with Crippen LogP contribution in [0.3, 0.4) is 0 Å². The van der Waals surface area contributed by atoms with Crippen molar-refractivity contribution < 1.29 is 10.0 Å². The van der Waals surface area contributed by atoms with E-state index in [2.05, 4.69) is 4.98 Å². The summed E-state index contributed by atoms with van der Waals surface area (Å²) >= 11 is 0. The summed E-state index contributed by atoms with van der Waals surface area (Å²) < 4.78 is 1.35. The third-order valence-corrected chi connectivity index (χ3v) is 2.53. The predicted molar refractivity (Wildman–Crippen MR) is 66.7 cm³/mol. The van der Waals surface area contributed by atoms with E-state index < -0.39 is 18.4 Å². The average Bonchev–Trinajstić information content (AvgIpc) is 2.33. The Hall–Kier alpha value is -2.12. The molecule has 0 aliphatic rings. The molecule has 1 heterocycles. The van der Waals surface area contributed by atoms with Crippen LogP contribution >= 0.6 is 0 Å². The Bertz CT molecular complexity index is 645. The highest BCUT2D eigenvalue weighted by atomic mass is 16.4. The molecule has 0 unspecified atom stereocenters. The lowest BCUT2D eigenvalue weighted by atomic mass is 9.80. The summed E-state index contributed by atoms with van der Waals surface area (Å²) in [6, 6.07) is 7.78. The van der Waals surface area contributed by atoms with Crippen LogP contribution in [0.25, 0.3) is 0 Å². The lowest BCUT2D eigenvalue weighted by Crippen LogP contribution is -2.30. The fraction of sp³-hybridized carbons (Fsp3) is 0.0909. The van der Waals surface area contributed by atoms with E-state index in [0.29, 0.717) is 12.0 Å². The molecule has 1 aromatic carbocycles. The van der Waals surface area contributed by atoms with Gasteiger partial charge in [0.15, 0.2) is 0 Å². The quantitative estimate of drug-likeness (QED) is 0.560. The van der Waals surface area contributed by atoms with E-state index in [9.17, 15) is 9.59 Å². The van der Waals surface area contributed by atoms with Gasteiger partial charge >= 0.3 is 12.8 Å². The highest BCUT2D eigenvalue weighted by Crippen LogP contribution is 1.99. The van der Waals surface area contributed by atoms with E-state index in [-0.39, 0.29) is 0 Å². The maximum atomic E-state index is 11.4. The first-order chi connectivity index (χ1) is 8.56. The van der Waals surface area contributed by atoms with Gasteiger partial charge in [0.1, 0.15) is 0 Å². The molecule has 3 N–H and O–H groups in total. The molecule has 92 valence electrons. The van der Waals surface area contributed by atoms with Crippen molar-refractivity contribution >= 4 is 12.6 Å². The van der Waals surface area contributed by atoms with Gasteiger partial charge in [-0.2, -0.15) is 0 Å². The van der Waals surface area contributed by atoms with Crippen molar-refractivity contribution in [3.8, 4) is 0 Å². The zero-order valence-corrected chi connectivity index (χ0v) is 9.41. The number of benzene rings is 1. The number of aromatic nitrogens is 2. The summed E-state index contributed by atoms with van der Waals surface area (Å²) in [6.45, 7) is 0.303. The lowest BCUT2D eigenvalue weighted by Gasteiger charge is -2.05. The van der Waals surface area contributed by atoms with Gasteiger partial charge in [0.25, 0.3) is 5.56 Å². The molecule has 18 heavy (non-hydrogen) atoms. The maximum Gasteiger partial charge on any atom is 0.488 e.